The summed E-state index contributed by atoms with van der Waals surface area (Å²) in [5, 5.41) is 21.7. The summed E-state index contributed by atoms with van der Waals surface area (Å²) in [4.78, 5) is 10.7. The van der Waals surface area contributed by atoms with Crippen LogP contribution in [0.15, 0.2) is 6.07 Å². The van der Waals surface area contributed by atoms with E-state index in [1.54, 1.807) is 0 Å². The molecule has 2 heterocycles. The predicted octanol–water partition coefficient (Wildman–Crippen LogP) is -0.120. The average Bonchev–Trinajstić information content (AvgIpc) is 2.49. The number of hydrogen-bond acceptors (Lipinski definition) is 5. The van der Waals surface area contributed by atoms with Gasteiger partial charge in [-0.3, -0.25) is 5.10 Å². The van der Waals surface area contributed by atoms with Crippen LogP contribution in [-0.2, 0) is 0 Å². The van der Waals surface area contributed by atoms with Crippen LogP contribution in [0.25, 0.3) is 5.65 Å². The first-order valence-electron chi connectivity index (χ1n) is 3.23. The van der Waals surface area contributed by atoms with Gasteiger partial charge in [0, 0.05) is 0 Å². The molecule has 8 heteroatoms. The van der Waals surface area contributed by atoms with Crippen LogP contribution in [0, 0.1) is 4.64 Å². The third kappa shape index (κ3) is 1.16. The fourth-order valence-electron chi connectivity index (χ4n) is 0.920. The molecule has 0 unspecified atom stereocenters. The highest BCUT2D eigenvalue weighted by Gasteiger charge is 2.11. The van der Waals surface area contributed by atoms with Crippen LogP contribution in [-0.4, -0.2) is 36.3 Å². The van der Waals surface area contributed by atoms with Crippen molar-refractivity contribution in [2.75, 3.05) is 0 Å². The fraction of sp³-hybridized carbons (Fsp3) is 0. The molecule has 2 aromatic heterocycles. The van der Waals surface area contributed by atoms with Crippen LogP contribution in [0.1, 0.15) is 10.4 Å². The number of fused-ring (bicyclic) bond motifs is 1. The maximum absolute atomic E-state index is 10.7. The van der Waals surface area contributed by atoms with Gasteiger partial charge in [0.15, 0.2) is 0 Å². The summed E-state index contributed by atoms with van der Waals surface area (Å²) in [5.74, 6) is -1.11. The first-order valence-corrected chi connectivity index (χ1v) is 3.64. The Balaban J connectivity index is 2.93. The van der Waals surface area contributed by atoms with Crippen molar-refractivity contribution in [3.63, 3.8) is 0 Å². The normalized spacial score (nSPS) is 10.5. The molecule has 0 spiro atoms. The van der Waals surface area contributed by atoms with E-state index in [2.05, 4.69) is 20.6 Å². The van der Waals surface area contributed by atoms with Crippen LogP contribution < -0.4 is 0 Å². The van der Waals surface area contributed by atoms with Gasteiger partial charge in [0.2, 0.25) is 5.65 Å². The minimum Gasteiger partial charge on any atom is -0.478 e. The molecule has 2 rings (SSSR count). The Labute approximate surface area is 76.0 Å². The van der Waals surface area contributed by atoms with Crippen molar-refractivity contribution >= 4 is 23.8 Å². The molecule has 66 valence electrons. The highest BCUT2D eigenvalue weighted by atomic mass is 32.1. The maximum atomic E-state index is 10.7. The van der Waals surface area contributed by atoms with E-state index >= 15 is 0 Å². The van der Waals surface area contributed by atoms with Crippen molar-refractivity contribution in [1.82, 2.24) is 25.3 Å². The summed E-state index contributed by atoms with van der Waals surface area (Å²) in [5.41, 5.74) is 0.120. The number of carbonyl (C=O) groups is 1. The van der Waals surface area contributed by atoms with E-state index in [0.717, 1.165) is 4.63 Å². The minimum absolute atomic E-state index is 0.0197. The third-order valence-corrected chi connectivity index (χ3v) is 1.64. The Morgan fingerprint density at radius 2 is 2.46 bits per heavy atom. The minimum atomic E-state index is -1.11. The second-order valence-corrected chi connectivity index (χ2v) is 2.69. The second kappa shape index (κ2) is 2.59. The van der Waals surface area contributed by atoms with Gasteiger partial charge in [-0.15, -0.1) is 9.73 Å². The number of H-pyrrole nitrogens is 1. The van der Waals surface area contributed by atoms with Crippen LogP contribution >= 0.6 is 12.2 Å². The highest BCUT2D eigenvalue weighted by Crippen LogP contribution is 2.04. The molecule has 0 atom stereocenters. The quantitative estimate of drug-likeness (QED) is 0.618. The fourth-order valence-corrected chi connectivity index (χ4v) is 1.12. The van der Waals surface area contributed by atoms with Gasteiger partial charge in [0.05, 0.1) is 0 Å². The number of carboxylic acid groups (broad SMARTS) is 1. The van der Waals surface area contributed by atoms with Gasteiger partial charge in [0.1, 0.15) is 10.2 Å². The molecule has 13 heavy (non-hydrogen) atoms. The summed E-state index contributed by atoms with van der Waals surface area (Å²) < 4.78 is 1.38. The smallest absolute Gasteiger partial charge is 0.339 e. The molecule has 0 aliphatic rings. The molecule has 0 aromatic carbocycles. The van der Waals surface area contributed by atoms with Crippen molar-refractivity contribution in [3.05, 3.63) is 16.3 Å². The molecule has 7 nitrogen and oxygen atoms in total. The predicted molar refractivity (Wildman–Crippen MR) is 42.9 cm³/mol. The van der Waals surface area contributed by atoms with Gasteiger partial charge in [-0.25, -0.2) is 4.79 Å². The van der Waals surface area contributed by atoms with Crippen molar-refractivity contribution in [1.29, 1.82) is 0 Å². The highest BCUT2D eigenvalue weighted by molar-refractivity contribution is 7.71. The van der Waals surface area contributed by atoms with E-state index in [4.69, 9.17) is 17.3 Å². The van der Waals surface area contributed by atoms with E-state index < -0.39 is 5.97 Å². The zero-order chi connectivity index (χ0) is 9.42. The Morgan fingerprint density at radius 1 is 1.69 bits per heavy atom. The van der Waals surface area contributed by atoms with E-state index in [1.807, 2.05) is 0 Å². The summed E-state index contributed by atoms with van der Waals surface area (Å²) in [6.45, 7) is 0. The van der Waals surface area contributed by atoms with Crippen LogP contribution in [0.5, 0.6) is 0 Å². The van der Waals surface area contributed by atoms with Gasteiger partial charge in [-0.1, -0.05) is 12.2 Å². The number of tetrazole rings is 1. The summed E-state index contributed by atoms with van der Waals surface area (Å²) in [7, 11) is 0. The number of nitrogens with one attached hydrogen (secondary N) is 1. The molecule has 0 fully saturated rings. The monoisotopic (exact) mass is 197 g/mol. The van der Waals surface area contributed by atoms with Crippen molar-refractivity contribution in [2.45, 2.75) is 0 Å². The molecule has 0 radical (unpaired) electrons. The Kier molecular flexibility index (Phi) is 1.55. The van der Waals surface area contributed by atoms with Gasteiger partial charge >= 0.3 is 5.97 Å². The molecule has 0 aliphatic heterocycles. The average molecular weight is 197 g/mol. The van der Waals surface area contributed by atoms with Crippen molar-refractivity contribution in [2.24, 2.45) is 0 Å². The second-order valence-electron chi connectivity index (χ2n) is 2.25. The molecule has 0 saturated heterocycles. The molecule has 2 aromatic rings. The Morgan fingerprint density at radius 3 is 3.15 bits per heavy atom. The largest absolute Gasteiger partial charge is 0.478 e. The van der Waals surface area contributed by atoms with Gasteiger partial charge < -0.3 is 5.11 Å². The SMILES string of the molecule is O=C(O)c1cc(=S)[nH]n2nnnc12. The molecule has 0 bridgehead atoms. The maximum Gasteiger partial charge on any atom is 0.339 e. The van der Waals surface area contributed by atoms with Gasteiger partial charge in [-0.05, 0) is 16.5 Å². The van der Waals surface area contributed by atoms with E-state index in [9.17, 15) is 4.79 Å². The topological polar surface area (TPSA) is 96.2 Å². The lowest BCUT2D eigenvalue weighted by Crippen LogP contribution is -2.04. The van der Waals surface area contributed by atoms with E-state index in [0.29, 0.717) is 0 Å². The lowest BCUT2D eigenvalue weighted by Gasteiger charge is -1.94. The van der Waals surface area contributed by atoms with Crippen molar-refractivity contribution in [3.8, 4) is 0 Å². The molecule has 0 aliphatic carbocycles. The third-order valence-electron chi connectivity index (χ3n) is 1.43. The van der Waals surface area contributed by atoms with Gasteiger partial charge in [0.25, 0.3) is 0 Å². The molecular formula is C5H3N5O2S. The molecule has 2 N–H and O–H groups in total. The Bertz CT molecular complexity index is 529. The number of aromatic carboxylic acids is 1. The number of hydrogen-bond donors (Lipinski definition) is 2. The summed E-state index contributed by atoms with van der Waals surface area (Å²) in [6, 6.07) is 1.29. The first-order chi connectivity index (χ1) is 6.18. The molecular weight excluding hydrogens is 194 g/mol. The van der Waals surface area contributed by atoms with E-state index in [-0.39, 0.29) is 15.9 Å². The first kappa shape index (κ1) is 7.80. The summed E-state index contributed by atoms with van der Waals surface area (Å²) in [6.07, 6.45) is 0. The number of nitrogens with zero attached hydrogens (tertiary/aromatic N) is 4. The lowest BCUT2D eigenvalue weighted by atomic mass is 10.3. The number of aromatic amines is 1. The van der Waals surface area contributed by atoms with E-state index in [1.165, 1.54) is 6.07 Å². The van der Waals surface area contributed by atoms with Gasteiger partial charge in [-0.2, -0.15) is 0 Å². The van der Waals surface area contributed by atoms with Crippen LogP contribution in [0.2, 0.25) is 0 Å². The number of aromatic nitrogens is 5. The standard InChI is InChI=1S/C5H3N5O2S/c11-5(12)2-1-3(13)7-10-4(2)6-8-9-10/h1H,(H,7,13)(H,11,12). The van der Waals surface area contributed by atoms with Crippen molar-refractivity contribution < 1.29 is 9.90 Å². The summed E-state index contributed by atoms with van der Waals surface area (Å²) >= 11 is 4.78. The number of rotatable bonds is 1. The number of carboxylic acids is 1. The van der Waals surface area contributed by atoms with Crippen LogP contribution in [0.4, 0.5) is 0 Å². The zero-order valence-corrected chi connectivity index (χ0v) is 6.95. The zero-order valence-electron chi connectivity index (χ0n) is 6.13. The Hall–Kier alpha value is -1.83. The molecule has 0 amide bonds. The lowest BCUT2D eigenvalue weighted by molar-refractivity contribution is 0.0698. The van der Waals surface area contributed by atoms with Crippen LogP contribution in [0.3, 0.4) is 0 Å². The molecule has 0 saturated carbocycles.